The van der Waals surface area contributed by atoms with Crippen LogP contribution in [0.15, 0.2) is 12.1 Å². The Morgan fingerprint density at radius 2 is 2.20 bits per heavy atom. The van der Waals surface area contributed by atoms with Crippen LogP contribution in [-0.2, 0) is 4.74 Å². The third-order valence-corrected chi connectivity index (χ3v) is 2.99. The number of carbonyl (C=O) groups is 1. The van der Waals surface area contributed by atoms with E-state index < -0.39 is 33.7 Å². The van der Waals surface area contributed by atoms with Gasteiger partial charge in [0, 0.05) is 13.2 Å². The number of ether oxygens (including phenoxy) is 1. The lowest BCUT2D eigenvalue weighted by Crippen LogP contribution is -2.32. The van der Waals surface area contributed by atoms with Gasteiger partial charge in [0.2, 0.25) is 5.82 Å². The number of rotatable bonds is 4. The van der Waals surface area contributed by atoms with E-state index in [1.54, 1.807) is 0 Å². The molecular formula is C12H12F2N2O4. The highest BCUT2D eigenvalue weighted by Crippen LogP contribution is 2.21. The smallest absolute Gasteiger partial charge is 0.307 e. The van der Waals surface area contributed by atoms with Crippen LogP contribution in [0.4, 0.5) is 14.5 Å². The van der Waals surface area contributed by atoms with Crippen molar-refractivity contribution in [2.24, 2.45) is 0 Å². The second-order valence-corrected chi connectivity index (χ2v) is 4.39. The van der Waals surface area contributed by atoms with E-state index in [2.05, 4.69) is 5.32 Å². The molecule has 1 unspecified atom stereocenters. The van der Waals surface area contributed by atoms with Crippen LogP contribution in [-0.4, -0.2) is 30.1 Å². The Kier molecular flexibility index (Phi) is 4.23. The summed E-state index contributed by atoms with van der Waals surface area (Å²) in [6, 6.07) is 0.925. The standard InChI is InChI=1S/C12H12F2N2O4/c13-9-5-11(16(18)19)10(14)4-8(9)12(17)15-6-7-2-1-3-20-7/h4-5,7H,1-3,6H2,(H,15,17). The zero-order chi connectivity index (χ0) is 14.7. The van der Waals surface area contributed by atoms with Crippen LogP contribution in [0.5, 0.6) is 0 Å². The van der Waals surface area contributed by atoms with Crippen LogP contribution < -0.4 is 5.32 Å². The molecule has 0 saturated carbocycles. The molecule has 1 amide bonds. The zero-order valence-corrected chi connectivity index (χ0v) is 10.4. The van der Waals surface area contributed by atoms with E-state index in [0.29, 0.717) is 18.7 Å². The molecule has 1 aliphatic rings. The van der Waals surface area contributed by atoms with Crippen LogP contribution in [0.1, 0.15) is 23.2 Å². The van der Waals surface area contributed by atoms with Gasteiger partial charge in [-0.2, -0.15) is 4.39 Å². The molecule has 2 rings (SSSR count). The van der Waals surface area contributed by atoms with Gasteiger partial charge in [0.1, 0.15) is 5.82 Å². The van der Waals surface area contributed by atoms with Crippen LogP contribution in [0.2, 0.25) is 0 Å². The number of halogens is 2. The first-order valence-electron chi connectivity index (χ1n) is 6.02. The van der Waals surface area contributed by atoms with E-state index in [-0.39, 0.29) is 12.6 Å². The molecule has 1 N–H and O–H groups in total. The SMILES string of the molecule is O=C(NCC1CCCO1)c1cc(F)c([N+](=O)[O-])cc1F. The maximum Gasteiger partial charge on any atom is 0.307 e. The van der Waals surface area contributed by atoms with Crippen molar-refractivity contribution >= 4 is 11.6 Å². The number of hydrogen-bond donors (Lipinski definition) is 1. The largest absolute Gasteiger partial charge is 0.376 e. The molecule has 0 aliphatic carbocycles. The van der Waals surface area contributed by atoms with E-state index in [9.17, 15) is 23.7 Å². The molecule has 0 radical (unpaired) electrons. The first kappa shape index (κ1) is 14.3. The molecular weight excluding hydrogens is 274 g/mol. The van der Waals surface area contributed by atoms with Crippen LogP contribution >= 0.6 is 0 Å². The second-order valence-electron chi connectivity index (χ2n) is 4.39. The summed E-state index contributed by atoms with van der Waals surface area (Å²) < 4.78 is 32.2. The maximum atomic E-state index is 13.6. The first-order valence-corrected chi connectivity index (χ1v) is 6.02. The normalized spacial score (nSPS) is 18.0. The first-order chi connectivity index (χ1) is 9.49. The average Bonchev–Trinajstić information content (AvgIpc) is 2.91. The minimum Gasteiger partial charge on any atom is -0.376 e. The number of amides is 1. The lowest BCUT2D eigenvalue weighted by Gasteiger charge is -2.11. The maximum absolute atomic E-state index is 13.6. The van der Waals surface area contributed by atoms with E-state index in [1.165, 1.54) is 0 Å². The highest BCUT2D eigenvalue weighted by Gasteiger charge is 2.23. The Hall–Kier alpha value is -2.09. The summed E-state index contributed by atoms with van der Waals surface area (Å²) in [4.78, 5) is 21.1. The minimum absolute atomic E-state index is 0.134. The molecule has 0 bridgehead atoms. The Bertz CT molecular complexity index is 545. The molecule has 1 aromatic carbocycles. The molecule has 0 aromatic heterocycles. The van der Waals surface area contributed by atoms with Crippen molar-refractivity contribution in [2.75, 3.05) is 13.2 Å². The van der Waals surface area contributed by atoms with Gasteiger partial charge in [0.05, 0.1) is 22.7 Å². The molecule has 1 atom stereocenters. The lowest BCUT2D eigenvalue weighted by atomic mass is 10.1. The number of nitro groups is 1. The van der Waals surface area contributed by atoms with E-state index in [4.69, 9.17) is 4.74 Å². The van der Waals surface area contributed by atoms with Crippen molar-refractivity contribution in [1.82, 2.24) is 5.32 Å². The number of nitrogens with one attached hydrogen (secondary N) is 1. The predicted molar refractivity (Wildman–Crippen MR) is 64.3 cm³/mol. The van der Waals surface area contributed by atoms with Gasteiger partial charge in [-0.25, -0.2) is 4.39 Å². The van der Waals surface area contributed by atoms with Gasteiger partial charge in [0.15, 0.2) is 0 Å². The van der Waals surface area contributed by atoms with E-state index in [1.807, 2.05) is 0 Å². The topological polar surface area (TPSA) is 81.5 Å². The van der Waals surface area contributed by atoms with Gasteiger partial charge in [0.25, 0.3) is 5.91 Å². The van der Waals surface area contributed by atoms with Gasteiger partial charge in [-0.05, 0) is 18.9 Å². The molecule has 1 fully saturated rings. The number of nitro benzene ring substituents is 1. The van der Waals surface area contributed by atoms with Crippen molar-refractivity contribution in [3.63, 3.8) is 0 Å². The van der Waals surface area contributed by atoms with Gasteiger partial charge in [-0.1, -0.05) is 0 Å². The Balaban J connectivity index is 2.09. The summed E-state index contributed by atoms with van der Waals surface area (Å²) in [6.07, 6.45) is 1.54. The van der Waals surface area contributed by atoms with Gasteiger partial charge in [-0.3, -0.25) is 14.9 Å². The third kappa shape index (κ3) is 3.08. The van der Waals surface area contributed by atoms with E-state index in [0.717, 1.165) is 12.8 Å². The quantitative estimate of drug-likeness (QED) is 0.675. The summed E-state index contributed by atoms with van der Waals surface area (Å²) in [6.45, 7) is 0.804. The van der Waals surface area contributed by atoms with Crippen molar-refractivity contribution in [1.29, 1.82) is 0 Å². The fraction of sp³-hybridized carbons (Fsp3) is 0.417. The minimum atomic E-state index is -1.25. The summed E-state index contributed by atoms with van der Waals surface area (Å²) in [5, 5.41) is 12.9. The van der Waals surface area contributed by atoms with Crippen molar-refractivity contribution in [3.8, 4) is 0 Å². The average molecular weight is 286 g/mol. The van der Waals surface area contributed by atoms with Crippen LogP contribution in [0.25, 0.3) is 0 Å². The molecule has 8 heteroatoms. The lowest BCUT2D eigenvalue weighted by molar-refractivity contribution is -0.387. The zero-order valence-electron chi connectivity index (χ0n) is 10.4. The molecule has 0 spiro atoms. The molecule has 1 aromatic rings. The fourth-order valence-electron chi connectivity index (χ4n) is 1.96. The van der Waals surface area contributed by atoms with Crippen LogP contribution in [0.3, 0.4) is 0 Å². The van der Waals surface area contributed by atoms with Crippen LogP contribution in [0, 0.1) is 21.7 Å². The third-order valence-electron chi connectivity index (χ3n) is 2.99. The number of benzene rings is 1. The van der Waals surface area contributed by atoms with Crippen molar-refractivity contribution in [3.05, 3.63) is 39.4 Å². The van der Waals surface area contributed by atoms with Gasteiger partial charge >= 0.3 is 5.69 Å². The Morgan fingerprint density at radius 3 is 2.80 bits per heavy atom. The molecule has 1 saturated heterocycles. The number of hydrogen-bond acceptors (Lipinski definition) is 4. The molecule has 1 aliphatic heterocycles. The van der Waals surface area contributed by atoms with E-state index >= 15 is 0 Å². The molecule has 1 heterocycles. The highest BCUT2D eigenvalue weighted by molar-refractivity contribution is 5.94. The summed E-state index contributed by atoms with van der Waals surface area (Å²) in [5.41, 5.74) is -1.57. The van der Waals surface area contributed by atoms with Crippen molar-refractivity contribution in [2.45, 2.75) is 18.9 Å². The summed E-state index contributed by atoms with van der Waals surface area (Å²) >= 11 is 0. The highest BCUT2D eigenvalue weighted by atomic mass is 19.1. The predicted octanol–water partition coefficient (Wildman–Crippen LogP) is 1.78. The Labute approximate surface area is 112 Å². The van der Waals surface area contributed by atoms with Gasteiger partial charge in [-0.15, -0.1) is 0 Å². The fourth-order valence-corrected chi connectivity index (χ4v) is 1.96. The molecule has 20 heavy (non-hydrogen) atoms. The molecule has 6 nitrogen and oxygen atoms in total. The summed E-state index contributed by atoms with van der Waals surface area (Å²) in [5.74, 6) is -3.21. The summed E-state index contributed by atoms with van der Waals surface area (Å²) in [7, 11) is 0. The second kappa shape index (κ2) is 5.91. The number of nitrogens with zero attached hydrogens (tertiary/aromatic N) is 1. The Morgan fingerprint density at radius 1 is 1.45 bits per heavy atom. The van der Waals surface area contributed by atoms with Crippen molar-refractivity contribution < 1.29 is 23.2 Å². The molecule has 108 valence electrons. The number of carbonyl (C=O) groups excluding carboxylic acids is 1. The van der Waals surface area contributed by atoms with Gasteiger partial charge < -0.3 is 10.1 Å². The monoisotopic (exact) mass is 286 g/mol.